The summed E-state index contributed by atoms with van der Waals surface area (Å²) in [6, 6.07) is 9.00. The highest BCUT2D eigenvalue weighted by molar-refractivity contribution is 8.18. The van der Waals surface area contributed by atoms with Crippen molar-refractivity contribution in [3.63, 3.8) is 0 Å². The first-order valence-electron chi connectivity index (χ1n) is 7.84. The van der Waals surface area contributed by atoms with Crippen molar-refractivity contribution in [2.24, 2.45) is 0 Å². The maximum atomic E-state index is 13.2. The molecule has 2 amide bonds. The van der Waals surface area contributed by atoms with Crippen LogP contribution in [0, 0.1) is 5.82 Å². The molecule has 2 aromatic rings. The van der Waals surface area contributed by atoms with E-state index >= 15 is 0 Å². The molecule has 0 N–H and O–H groups in total. The average Bonchev–Trinajstić information content (AvgIpc) is 2.91. The van der Waals surface area contributed by atoms with Crippen LogP contribution < -0.4 is 9.47 Å². The highest BCUT2D eigenvalue weighted by atomic mass is 35.5. The van der Waals surface area contributed by atoms with E-state index < -0.39 is 17.0 Å². The smallest absolute Gasteiger partial charge is 0.293 e. The van der Waals surface area contributed by atoms with Gasteiger partial charge in [0.05, 0.1) is 25.7 Å². The molecule has 0 aromatic heterocycles. The number of imide groups is 1. The van der Waals surface area contributed by atoms with Crippen molar-refractivity contribution < 1.29 is 23.5 Å². The third-order valence-electron chi connectivity index (χ3n) is 3.94. The van der Waals surface area contributed by atoms with Crippen molar-refractivity contribution >= 4 is 40.6 Å². The first-order chi connectivity index (χ1) is 12.9. The minimum atomic E-state index is -0.483. The number of ether oxygens (including phenoxy) is 2. The lowest BCUT2D eigenvalue weighted by atomic mass is 10.1. The van der Waals surface area contributed by atoms with Gasteiger partial charge in [-0.3, -0.25) is 14.5 Å². The Morgan fingerprint density at radius 3 is 2.59 bits per heavy atom. The maximum absolute atomic E-state index is 13.2. The van der Waals surface area contributed by atoms with E-state index in [4.69, 9.17) is 21.1 Å². The van der Waals surface area contributed by atoms with Crippen LogP contribution in [0.2, 0.25) is 5.02 Å². The fourth-order valence-electron chi connectivity index (χ4n) is 2.55. The molecule has 2 aromatic carbocycles. The summed E-state index contributed by atoms with van der Waals surface area (Å²) in [6.45, 7) is -0.0314. The van der Waals surface area contributed by atoms with Gasteiger partial charge in [0.1, 0.15) is 17.3 Å². The van der Waals surface area contributed by atoms with E-state index in [0.29, 0.717) is 22.6 Å². The largest absolute Gasteiger partial charge is 0.497 e. The summed E-state index contributed by atoms with van der Waals surface area (Å²) in [7, 11) is 3.05. The van der Waals surface area contributed by atoms with Gasteiger partial charge in [-0.1, -0.05) is 17.7 Å². The number of carbonyl (C=O) groups is 2. The number of hydrogen-bond acceptors (Lipinski definition) is 5. The SMILES string of the molecule is COc1ccc(OC)c(/C=C2/SC(=O)N(Cc3ccc(F)cc3Cl)C2=O)c1. The van der Waals surface area contributed by atoms with Crippen LogP contribution in [0.1, 0.15) is 11.1 Å². The number of rotatable bonds is 5. The molecular weight excluding hydrogens is 393 g/mol. The predicted octanol–water partition coefficient (Wildman–Crippen LogP) is 4.73. The van der Waals surface area contributed by atoms with Gasteiger partial charge in [0, 0.05) is 10.6 Å². The van der Waals surface area contributed by atoms with Crippen molar-refractivity contribution in [3.05, 3.63) is 63.3 Å². The Bertz CT molecular complexity index is 947. The highest BCUT2D eigenvalue weighted by Crippen LogP contribution is 2.36. The molecule has 0 atom stereocenters. The second-order valence-electron chi connectivity index (χ2n) is 5.61. The van der Waals surface area contributed by atoms with E-state index in [1.54, 1.807) is 24.3 Å². The number of carbonyl (C=O) groups excluding carboxylic acids is 2. The van der Waals surface area contributed by atoms with E-state index in [1.807, 2.05) is 0 Å². The van der Waals surface area contributed by atoms with Gasteiger partial charge in [0.2, 0.25) is 0 Å². The average molecular weight is 408 g/mol. The summed E-state index contributed by atoms with van der Waals surface area (Å²) in [5, 5.41) is -0.263. The van der Waals surface area contributed by atoms with Crippen molar-refractivity contribution in [2.75, 3.05) is 14.2 Å². The van der Waals surface area contributed by atoms with E-state index in [-0.39, 0.29) is 16.5 Å². The number of nitrogens with zero attached hydrogens (tertiary/aromatic N) is 1. The quantitative estimate of drug-likeness (QED) is 0.670. The van der Waals surface area contributed by atoms with Crippen LogP contribution in [-0.4, -0.2) is 30.3 Å². The van der Waals surface area contributed by atoms with Crippen LogP contribution >= 0.6 is 23.4 Å². The molecule has 1 heterocycles. The second kappa shape index (κ2) is 8.02. The highest BCUT2D eigenvalue weighted by Gasteiger charge is 2.35. The second-order valence-corrected chi connectivity index (χ2v) is 7.01. The van der Waals surface area contributed by atoms with Crippen LogP contribution in [-0.2, 0) is 11.3 Å². The van der Waals surface area contributed by atoms with Crippen molar-refractivity contribution in [3.8, 4) is 11.5 Å². The lowest BCUT2D eigenvalue weighted by molar-refractivity contribution is -0.123. The molecule has 3 rings (SSSR count). The van der Waals surface area contributed by atoms with E-state index in [9.17, 15) is 14.0 Å². The molecule has 1 saturated heterocycles. The Hall–Kier alpha value is -2.51. The first kappa shape index (κ1) is 19.3. The molecule has 5 nitrogen and oxygen atoms in total. The third-order valence-corrected chi connectivity index (χ3v) is 5.20. The summed E-state index contributed by atoms with van der Waals surface area (Å²) in [4.78, 5) is 26.3. The number of benzene rings is 2. The van der Waals surface area contributed by atoms with Gasteiger partial charge in [-0.15, -0.1) is 0 Å². The molecule has 1 fully saturated rings. The molecule has 0 aliphatic carbocycles. The number of hydrogen-bond donors (Lipinski definition) is 0. The lowest BCUT2D eigenvalue weighted by Gasteiger charge is -2.13. The van der Waals surface area contributed by atoms with Crippen LogP contribution in [0.3, 0.4) is 0 Å². The first-order valence-corrected chi connectivity index (χ1v) is 9.03. The zero-order valence-corrected chi connectivity index (χ0v) is 16.1. The van der Waals surface area contributed by atoms with Crippen LogP contribution in [0.25, 0.3) is 6.08 Å². The van der Waals surface area contributed by atoms with Gasteiger partial charge in [-0.2, -0.15) is 0 Å². The van der Waals surface area contributed by atoms with Crippen LogP contribution in [0.15, 0.2) is 41.3 Å². The van der Waals surface area contributed by atoms with Crippen molar-refractivity contribution in [2.45, 2.75) is 6.54 Å². The predicted molar refractivity (Wildman–Crippen MR) is 102 cm³/mol. The van der Waals surface area contributed by atoms with Crippen LogP contribution in [0.5, 0.6) is 11.5 Å². The Labute approximate surface area is 164 Å². The summed E-state index contributed by atoms with van der Waals surface area (Å²) in [6.07, 6.45) is 1.58. The molecule has 8 heteroatoms. The minimum absolute atomic E-state index is 0.0314. The molecule has 0 spiro atoms. The fourth-order valence-corrected chi connectivity index (χ4v) is 3.61. The maximum Gasteiger partial charge on any atom is 0.293 e. The topological polar surface area (TPSA) is 55.8 Å². The Kier molecular flexibility index (Phi) is 5.72. The zero-order chi connectivity index (χ0) is 19.6. The van der Waals surface area contributed by atoms with Gasteiger partial charge in [-0.05, 0) is 53.7 Å². The van der Waals surface area contributed by atoms with Crippen molar-refractivity contribution in [1.29, 1.82) is 0 Å². The third kappa shape index (κ3) is 4.09. The van der Waals surface area contributed by atoms with Gasteiger partial charge in [0.15, 0.2) is 0 Å². The van der Waals surface area contributed by atoms with Gasteiger partial charge in [0.25, 0.3) is 11.1 Å². The normalized spacial score (nSPS) is 15.6. The molecule has 140 valence electrons. The molecule has 1 aliphatic rings. The van der Waals surface area contributed by atoms with Crippen molar-refractivity contribution in [1.82, 2.24) is 4.90 Å². The standard InChI is InChI=1S/C19H15ClFNO4S/c1-25-14-5-6-16(26-2)12(7-14)8-17-18(23)22(19(24)27-17)10-11-3-4-13(21)9-15(11)20/h3-9H,10H2,1-2H3/b17-8+. The fraction of sp³-hybridized carbons (Fsp3) is 0.158. The molecule has 0 saturated carbocycles. The molecule has 0 radical (unpaired) electrons. The summed E-state index contributed by atoms with van der Waals surface area (Å²) >= 11 is 6.82. The Balaban J connectivity index is 1.89. The van der Waals surface area contributed by atoms with Gasteiger partial charge in [-0.25, -0.2) is 4.39 Å². The van der Waals surface area contributed by atoms with Crippen LogP contribution in [0.4, 0.5) is 9.18 Å². The Morgan fingerprint density at radius 2 is 1.93 bits per heavy atom. The molecular formula is C19H15ClFNO4S. The van der Waals surface area contributed by atoms with E-state index in [1.165, 1.54) is 26.4 Å². The van der Waals surface area contributed by atoms with E-state index in [2.05, 4.69) is 0 Å². The number of methoxy groups -OCH3 is 2. The number of amides is 2. The van der Waals surface area contributed by atoms with Gasteiger partial charge >= 0.3 is 0 Å². The summed E-state index contributed by atoms with van der Waals surface area (Å²) < 4.78 is 23.7. The molecule has 1 aliphatic heterocycles. The summed E-state index contributed by atoms with van der Waals surface area (Å²) in [5.41, 5.74) is 1.10. The number of halogens is 2. The zero-order valence-electron chi connectivity index (χ0n) is 14.5. The van der Waals surface area contributed by atoms with E-state index in [0.717, 1.165) is 22.7 Å². The molecule has 27 heavy (non-hydrogen) atoms. The number of thioether (sulfide) groups is 1. The molecule has 0 bridgehead atoms. The monoisotopic (exact) mass is 407 g/mol. The Morgan fingerprint density at radius 1 is 1.15 bits per heavy atom. The lowest BCUT2D eigenvalue weighted by Crippen LogP contribution is -2.27. The summed E-state index contributed by atoms with van der Waals surface area (Å²) in [5.74, 6) is 0.210. The molecule has 0 unspecified atom stereocenters. The minimum Gasteiger partial charge on any atom is -0.497 e. The van der Waals surface area contributed by atoms with Gasteiger partial charge < -0.3 is 9.47 Å².